The van der Waals surface area contributed by atoms with E-state index in [1.807, 2.05) is 36.4 Å². The Morgan fingerprint density at radius 3 is 2.84 bits per heavy atom. The summed E-state index contributed by atoms with van der Waals surface area (Å²) in [5, 5.41) is 3.99. The predicted molar refractivity (Wildman–Crippen MR) is 101 cm³/mol. The SMILES string of the molecule is O=C(NCc1ccccn1)c1ccc2nc(N3CCCCC3)sc2c1. The molecule has 1 N–H and O–H groups in total. The molecule has 3 aromatic rings. The number of anilines is 1. The average Bonchev–Trinajstić information content (AvgIpc) is 3.11. The van der Waals surface area contributed by atoms with Crippen LogP contribution in [0.15, 0.2) is 42.6 Å². The molecule has 5 nitrogen and oxygen atoms in total. The van der Waals surface area contributed by atoms with E-state index in [4.69, 9.17) is 4.98 Å². The van der Waals surface area contributed by atoms with Gasteiger partial charge in [0.25, 0.3) is 5.91 Å². The van der Waals surface area contributed by atoms with Gasteiger partial charge in [0.1, 0.15) is 0 Å². The van der Waals surface area contributed by atoms with Crippen molar-refractivity contribution < 1.29 is 4.79 Å². The van der Waals surface area contributed by atoms with Crippen LogP contribution in [-0.2, 0) is 6.54 Å². The van der Waals surface area contributed by atoms with Gasteiger partial charge in [0, 0.05) is 24.8 Å². The zero-order valence-corrected chi connectivity index (χ0v) is 14.8. The van der Waals surface area contributed by atoms with E-state index >= 15 is 0 Å². The second-order valence-corrected chi connectivity index (χ2v) is 7.24. The zero-order valence-electron chi connectivity index (χ0n) is 13.9. The number of carbonyl (C=O) groups excluding carboxylic acids is 1. The molecule has 0 bridgehead atoms. The molecule has 128 valence electrons. The van der Waals surface area contributed by atoms with E-state index < -0.39 is 0 Å². The van der Waals surface area contributed by atoms with Gasteiger partial charge in [0.05, 0.1) is 22.5 Å². The second kappa shape index (κ2) is 7.19. The summed E-state index contributed by atoms with van der Waals surface area (Å²) in [6.07, 6.45) is 5.50. The Bertz CT molecular complexity index is 872. The number of thiazole rings is 1. The molecule has 1 aromatic carbocycles. The number of benzene rings is 1. The van der Waals surface area contributed by atoms with Crippen LogP contribution in [0.5, 0.6) is 0 Å². The van der Waals surface area contributed by atoms with Gasteiger partial charge in [-0.15, -0.1) is 0 Å². The molecule has 1 aliphatic heterocycles. The standard InChI is InChI=1S/C19H20N4OS/c24-18(21-13-15-6-2-3-9-20-15)14-7-8-16-17(12-14)25-19(22-16)23-10-4-1-5-11-23/h2-3,6-9,12H,1,4-5,10-11,13H2,(H,21,24). The Morgan fingerprint density at radius 1 is 1.16 bits per heavy atom. The summed E-state index contributed by atoms with van der Waals surface area (Å²) in [6, 6.07) is 11.4. The largest absolute Gasteiger partial charge is 0.348 e. The molecule has 6 heteroatoms. The molecule has 0 unspecified atom stereocenters. The van der Waals surface area contributed by atoms with Crippen LogP contribution in [0, 0.1) is 0 Å². The molecule has 1 saturated heterocycles. The number of hydrogen-bond donors (Lipinski definition) is 1. The van der Waals surface area contributed by atoms with Gasteiger partial charge in [0.2, 0.25) is 0 Å². The highest BCUT2D eigenvalue weighted by Crippen LogP contribution is 2.31. The fraction of sp³-hybridized carbons (Fsp3) is 0.316. The number of nitrogens with zero attached hydrogens (tertiary/aromatic N) is 3. The molecule has 3 heterocycles. The third kappa shape index (κ3) is 3.64. The van der Waals surface area contributed by atoms with E-state index in [9.17, 15) is 4.79 Å². The van der Waals surface area contributed by atoms with Crippen molar-refractivity contribution in [1.29, 1.82) is 0 Å². The summed E-state index contributed by atoms with van der Waals surface area (Å²) >= 11 is 1.67. The van der Waals surface area contributed by atoms with E-state index in [2.05, 4.69) is 15.2 Å². The van der Waals surface area contributed by atoms with E-state index in [1.165, 1.54) is 19.3 Å². The maximum absolute atomic E-state index is 12.4. The molecule has 0 spiro atoms. The Labute approximate surface area is 150 Å². The van der Waals surface area contributed by atoms with Crippen molar-refractivity contribution in [2.45, 2.75) is 25.8 Å². The summed E-state index contributed by atoms with van der Waals surface area (Å²) in [5.74, 6) is -0.0829. The third-order valence-electron chi connectivity index (χ3n) is 4.42. The summed E-state index contributed by atoms with van der Waals surface area (Å²) in [7, 11) is 0. The molecule has 4 rings (SSSR count). The van der Waals surface area contributed by atoms with Crippen LogP contribution < -0.4 is 10.2 Å². The highest BCUT2D eigenvalue weighted by Gasteiger charge is 2.16. The van der Waals surface area contributed by atoms with Crippen molar-refractivity contribution in [3.63, 3.8) is 0 Å². The lowest BCUT2D eigenvalue weighted by Crippen LogP contribution is -2.29. The number of fused-ring (bicyclic) bond motifs is 1. The van der Waals surface area contributed by atoms with Gasteiger partial charge in [-0.1, -0.05) is 17.4 Å². The highest BCUT2D eigenvalue weighted by atomic mass is 32.1. The Hall–Kier alpha value is -2.47. The minimum atomic E-state index is -0.0829. The first-order chi connectivity index (χ1) is 12.3. The summed E-state index contributed by atoms with van der Waals surface area (Å²) < 4.78 is 1.06. The molecule has 0 saturated carbocycles. The first-order valence-corrected chi connectivity index (χ1v) is 9.45. The number of nitrogens with one attached hydrogen (secondary N) is 1. The van der Waals surface area contributed by atoms with Crippen molar-refractivity contribution in [3.05, 3.63) is 53.9 Å². The molecule has 2 aromatic heterocycles. The molecular formula is C19H20N4OS. The second-order valence-electron chi connectivity index (χ2n) is 6.23. The smallest absolute Gasteiger partial charge is 0.251 e. The molecule has 0 aliphatic carbocycles. The van der Waals surface area contributed by atoms with Crippen molar-refractivity contribution in [2.24, 2.45) is 0 Å². The van der Waals surface area contributed by atoms with Gasteiger partial charge >= 0.3 is 0 Å². The average molecular weight is 352 g/mol. The number of amides is 1. The van der Waals surface area contributed by atoms with Crippen LogP contribution in [0.25, 0.3) is 10.2 Å². The maximum Gasteiger partial charge on any atom is 0.251 e. The minimum Gasteiger partial charge on any atom is -0.348 e. The van der Waals surface area contributed by atoms with Crippen LogP contribution in [0.3, 0.4) is 0 Å². The maximum atomic E-state index is 12.4. The number of piperidine rings is 1. The quantitative estimate of drug-likeness (QED) is 0.779. The first-order valence-electron chi connectivity index (χ1n) is 8.63. The highest BCUT2D eigenvalue weighted by molar-refractivity contribution is 7.22. The van der Waals surface area contributed by atoms with Crippen LogP contribution >= 0.6 is 11.3 Å². The fourth-order valence-electron chi connectivity index (χ4n) is 3.05. The number of hydrogen-bond acceptors (Lipinski definition) is 5. The minimum absolute atomic E-state index is 0.0829. The van der Waals surface area contributed by atoms with Gasteiger partial charge < -0.3 is 10.2 Å². The molecule has 0 atom stereocenters. The fourth-order valence-corrected chi connectivity index (χ4v) is 4.11. The lowest BCUT2D eigenvalue weighted by Gasteiger charge is -2.25. The predicted octanol–water partition coefficient (Wildman–Crippen LogP) is 3.61. The number of aromatic nitrogens is 2. The van der Waals surface area contributed by atoms with E-state index in [0.29, 0.717) is 12.1 Å². The molecule has 1 aliphatic rings. The van der Waals surface area contributed by atoms with E-state index in [1.54, 1.807) is 17.5 Å². The normalized spacial score (nSPS) is 14.6. The Balaban J connectivity index is 1.49. The van der Waals surface area contributed by atoms with Gasteiger partial charge in [-0.25, -0.2) is 4.98 Å². The monoisotopic (exact) mass is 352 g/mol. The van der Waals surface area contributed by atoms with Crippen molar-refractivity contribution in [2.75, 3.05) is 18.0 Å². The summed E-state index contributed by atoms with van der Waals surface area (Å²) in [4.78, 5) is 23.7. The Kier molecular flexibility index (Phi) is 4.61. The number of carbonyl (C=O) groups is 1. The number of pyridine rings is 1. The van der Waals surface area contributed by atoms with E-state index in [-0.39, 0.29) is 5.91 Å². The van der Waals surface area contributed by atoms with Crippen molar-refractivity contribution in [3.8, 4) is 0 Å². The van der Waals surface area contributed by atoms with E-state index in [0.717, 1.165) is 34.1 Å². The molecule has 25 heavy (non-hydrogen) atoms. The zero-order chi connectivity index (χ0) is 17.1. The lowest BCUT2D eigenvalue weighted by molar-refractivity contribution is 0.0950. The van der Waals surface area contributed by atoms with Crippen LogP contribution in [0.4, 0.5) is 5.13 Å². The number of rotatable bonds is 4. The van der Waals surface area contributed by atoms with Gasteiger partial charge in [0.15, 0.2) is 5.13 Å². The van der Waals surface area contributed by atoms with Crippen LogP contribution in [0.1, 0.15) is 35.3 Å². The van der Waals surface area contributed by atoms with Crippen LogP contribution in [-0.4, -0.2) is 29.0 Å². The molecule has 1 amide bonds. The summed E-state index contributed by atoms with van der Waals surface area (Å²) in [5.41, 5.74) is 2.48. The van der Waals surface area contributed by atoms with Gasteiger partial charge in [-0.3, -0.25) is 9.78 Å². The van der Waals surface area contributed by atoms with Crippen molar-refractivity contribution in [1.82, 2.24) is 15.3 Å². The van der Waals surface area contributed by atoms with Gasteiger partial charge in [-0.05, 0) is 49.6 Å². The lowest BCUT2D eigenvalue weighted by atomic mass is 10.1. The molecular weight excluding hydrogens is 332 g/mol. The Morgan fingerprint density at radius 2 is 2.04 bits per heavy atom. The first kappa shape index (κ1) is 16.0. The van der Waals surface area contributed by atoms with Crippen LogP contribution in [0.2, 0.25) is 0 Å². The molecule has 0 radical (unpaired) electrons. The third-order valence-corrected chi connectivity index (χ3v) is 5.50. The molecule has 1 fully saturated rings. The summed E-state index contributed by atoms with van der Waals surface area (Å²) in [6.45, 7) is 2.59. The van der Waals surface area contributed by atoms with Crippen molar-refractivity contribution >= 4 is 32.6 Å². The van der Waals surface area contributed by atoms with Gasteiger partial charge in [-0.2, -0.15) is 0 Å². The topological polar surface area (TPSA) is 58.1 Å².